The summed E-state index contributed by atoms with van der Waals surface area (Å²) in [5, 5.41) is 0. The Morgan fingerprint density at radius 1 is 1.18 bits per heavy atom. The normalized spacial score (nSPS) is 10.3. The molecule has 11 heavy (non-hydrogen) atoms. The van der Waals surface area contributed by atoms with Crippen molar-refractivity contribution in [3.63, 3.8) is 0 Å². The third-order valence-electron chi connectivity index (χ3n) is 1.94. The van der Waals surface area contributed by atoms with Gasteiger partial charge >= 0.3 is 0 Å². The lowest BCUT2D eigenvalue weighted by Gasteiger charge is -2.06. The first-order chi connectivity index (χ1) is 5.04. The summed E-state index contributed by atoms with van der Waals surface area (Å²) in [5.74, 6) is -0.0968. The van der Waals surface area contributed by atoms with E-state index in [0.29, 0.717) is 0 Å². The number of benzene rings is 1. The van der Waals surface area contributed by atoms with Crippen LogP contribution in [-0.4, -0.2) is 0 Å². The minimum absolute atomic E-state index is 0.0968. The first-order valence-electron chi connectivity index (χ1n) is 3.46. The van der Waals surface area contributed by atoms with Gasteiger partial charge in [-0.05, 0) is 66.1 Å². The highest BCUT2D eigenvalue weighted by Gasteiger charge is 2.06. The third kappa shape index (κ3) is 1.55. The van der Waals surface area contributed by atoms with Crippen LogP contribution in [0.25, 0.3) is 0 Å². The average Bonchev–Trinajstić information content (AvgIpc) is 1.97. The molecule has 0 fully saturated rings. The topological polar surface area (TPSA) is 0 Å². The lowest BCUT2D eigenvalue weighted by molar-refractivity contribution is 0.615. The number of aryl methyl sites for hydroxylation is 1. The molecule has 0 aliphatic rings. The molecule has 0 saturated carbocycles. The Morgan fingerprint density at radius 2 is 1.73 bits per heavy atom. The third-order valence-corrected chi connectivity index (χ3v) is 3.60. The van der Waals surface area contributed by atoms with Crippen LogP contribution < -0.4 is 0 Å². The summed E-state index contributed by atoms with van der Waals surface area (Å²) >= 11 is 2.24. The Hall–Kier alpha value is -0.120. The van der Waals surface area contributed by atoms with Crippen LogP contribution in [0.4, 0.5) is 4.39 Å². The molecule has 0 amide bonds. The van der Waals surface area contributed by atoms with Crippen LogP contribution in [-0.2, 0) is 0 Å². The second-order valence-electron chi connectivity index (χ2n) is 2.74. The van der Waals surface area contributed by atoms with Gasteiger partial charge in [0, 0.05) is 3.57 Å². The van der Waals surface area contributed by atoms with Gasteiger partial charge in [-0.1, -0.05) is 0 Å². The molecule has 1 aromatic carbocycles. The summed E-state index contributed by atoms with van der Waals surface area (Å²) in [4.78, 5) is 0. The first-order valence-corrected chi connectivity index (χ1v) is 4.53. The molecule has 0 atom stereocenters. The summed E-state index contributed by atoms with van der Waals surface area (Å²) in [6, 6.07) is 1.59. The van der Waals surface area contributed by atoms with Gasteiger partial charge in [-0.25, -0.2) is 4.39 Å². The van der Waals surface area contributed by atoms with Gasteiger partial charge in [0.2, 0.25) is 0 Å². The zero-order chi connectivity index (χ0) is 8.59. The molecule has 60 valence electrons. The fourth-order valence-electron chi connectivity index (χ4n) is 1.00. The lowest BCUT2D eigenvalue weighted by atomic mass is 10.1. The molecule has 1 rings (SSSR count). The molecule has 0 aromatic heterocycles. The molecule has 0 saturated heterocycles. The molecule has 0 bridgehead atoms. The molecule has 0 N–H and O–H groups in total. The highest BCUT2D eigenvalue weighted by molar-refractivity contribution is 14.1. The highest BCUT2D eigenvalue weighted by Crippen LogP contribution is 2.21. The van der Waals surface area contributed by atoms with Crippen molar-refractivity contribution in [2.75, 3.05) is 0 Å². The molecule has 0 aliphatic heterocycles. The second-order valence-corrected chi connectivity index (χ2v) is 3.82. The molecular weight excluding hydrogens is 254 g/mol. The van der Waals surface area contributed by atoms with Crippen molar-refractivity contribution >= 4 is 22.6 Å². The zero-order valence-corrected chi connectivity index (χ0v) is 8.99. The summed E-state index contributed by atoms with van der Waals surface area (Å²) in [6.07, 6.45) is 0. The van der Waals surface area contributed by atoms with Gasteiger partial charge in [0.05, 0.1) is 0 Å². The molecule has 0 nitrogen and oxygen atoms in total. The fourth-order valence-corrected chi connectivity index (χ4v) is 1.56. The zero-order valence-electron chi connectivity index (χ0n) is 6.83. The van der Waals surface area contributed by atoms with E-state index < -0.39 is 0 Å². The number of hydrogen-bond donors (Lipinski definition) is 0. The molecule has 0 spiro atoms. The van der Waals surface area contributed by atoms with E-state index in [1.54, 1.807) is 6.07 Å². The van der Waals surface area contributed by atoms with Crippen LogP contribution in [0.5, 0.6) is 0 Å². The van der Waals surface area contributed by atoms with E-state index in [-0.39, 0.29) is 5.82 Å². The van der Waals surface area contributed by atoms with Crippen LogP contribution >= 0.6 is 22.6 Å². The Bertz CT molecular complexity index is 266. The largest absolute Gasteiger partial charge is 0.207 e. The van der Waals surface area contributed by atoms with E-state index in [2.05, 4.69) is 22.6 Å². The Balaban J connectivity index is 3.46. The molecular formula is C9H10FI. The quantitative estimate of drug-likeness (QED) is 0.630. The molecule has 0 radical (unpaired) electrons. The monoisotopic (exact) mass is 264 g/mol. The fraction of sp³-hybridized carbons (Fsp3) is 0.333. The predicted molar refractivity (Wildman–Crippen MR) is 53.3 cm³/mol. The first kappa shape index (κ1) is 8.97. The minimum atomic E-state index is -0.0968. The van der Waals surface area contributed by atoms with Crippen LogP contribution in [0.15, 0.2) is 6.07 Å². The van der Waals surface area contributed by atoms with Crippen LogP contribution in [0.2, 0.25) is 0 Å². The minimum Gasteiger partial charge on any atom is -0.207 e. The van der Waals surface area contributed by atoms with Crippen molar-refractivity contribution in [3.8, 4) is 0 Å². The van der Waals surface area contributed by atoms with E-state index >= 15 is 0 Å². The van der Waals surface area contributed by atoms with Gasteiger partial charge in [0.15, 0.2) is 0 Å². The summed E-state index contributed by atoms with van der Waals surface area (Å²) in [7, 11) is 0. The van der Waals surface area contributed by atoms with Gasteiger partial charge < -0.3 is 0 Å². The van der Waals surface area contributed by atoms with E-state index in [9.17, 15) is 4.39 Å². The van der Waals surface area contributed by atoms with Gasteiger partial charge in [-0.3, -0.25) is 0 Å². The molecule has 0 heterocycles. The number of rotatable bonds is 0. The average molecular weight is 264 g/mol. The molecule has 1 aromatic rings. The van der Waals surface area contributed by atoms with Crippen LogP contribution in [0, 0.1) is 30.2 Å². The molecule has 2 heteroatoms. The van der Waals surface area contributed by atoms with Crippen molar-refractivity contribution in [1.82, 2.24) is 0 Å². The highest BCUT2D eigenvalue weighted by atomic mass is 127. The van der Waals surface area contributed by atoms with Gasteiger partial charge in [-0.15, -0.1) is 0 Å². The SMILES string of the molecule is Cc1cc(F)c(C)c(C)c1I. The maximum absolute atomic E-state index is 13.0. The summed E-state index contributed by atoms with van der Waals surface area (Å²) in [5.41, 5.74) is 2.84. The van der Waals surface area contributed by atoms with Crippen molar-refractivity contribution in [1.29, 1.82) is 0 Å². The smallest absolute Gasteiger partial charge is 0.126 e. The van der Waals surface area contributed by atoms with Crippen LogP contribution in [0.3, 0.4) is 0 Å². The predicted octanol–water partition coefficient (Wildman–Crippen LogP) is 3.36. The number of hydrogen-bond acceptors (Lipinski definition) is 0. The number of halogens is 2. The van der Waals surface area contributed by atoms with Gasteiger partial charge in [0.1, 0.15) is 5.82 Å². The van der Waals surface area contributed by atoms with Gasteiger partial charge in [0.25, 0.3) is 0 Å². The van der Waals surface area contributed by atoms with Crippen LogP contribution in [0.1, 0.15) is 16.7 Å². The molecule has 0 aliphatic carbocycles. The summed E-state index contributed by atoms with van der Waals surface area (Å²) < 4.78 is 14.2. The van der Waals surface area contributed by atoms with Crippen molar-refractivity contribution in [2.45, 2.75) is 20.8 Å². The standard InChI is InChI=1S/C9H10FI/c1-5-4-8(10)6(2)7(3)9(5)11/h4H,1-3H3. The Labute approximate surface area is 80.0 Å². The van der Waals surface area contributed by atoms with E-state index in [0.717, 1.165) is 16.7 Å². The van der Waals surface area contributed by atoms with Crippen molar-refractivity contribution in [3.05, 3.63) is 32.1 Å². The van der Waals surface area contributed by atoms with Crippen molar-refractivity contribution in [2.24, 2.45) is 0 Å². The van der Waals surface area contributed by atoms with Gasteiger partial charge in [-0.2, -0.15) is 0 Å². The lowest BCUT2D eigenvalue weighted by Crippen LogP contribution is -1.94. The molecule has 0 unspecified atom stereocenters. The van der Waals surface area contributed by atoms with E-state index in [1.807, 2.05) is 20.8 Å². The maximum atomic E-state index is 13.0. The summed E-state index contributed by atoms with van der Waals surface area (Å²) in [6.45, 7) is 5.69. The van der Waals surface area contributed by atoms with Crippen molar-refractivity contribution < 1.29 is 4.39 Å². The van der Waals surface area contributed by atoms with E-state index in [1.165, 1.54) is 3.57 Å². The second kappa shape index (κ2) is 3.09. The van der Waals surface area contributed by atoms with E-state index in [4.69, 9.17) is 0 Å². The Kier molecular flexibility index (Phi) is 2.52. The maximum Gasteiger partial charge on any atom is 0.126 e. The Morgan fingerprint density at radius 3 is 2.27 bits per heavy atom.